The van der Waals surface area contributed by atoms with E-state index in [1.54, 1.807) is 0 Å². The van der Waals surface area contributed by atoms with Gasteiger partial charge in [0.15, 0.2) is 0 Å². The second-order valence-corrected chi connectivity index (χ2v) is 6.67. The molecule has 18 heavy (non-hydrogen) atoms. The number of anilines is 1. The van der Waals surface area contributed by atoms with Crippen molar-refractivity contribution in [2.24, 2.45) is 5.92 Å². The van der Waals surface area contributed by atoms with Gasteiger partial charge in [-0.1, -0.05) is 0 Å². The third kappa shape index (κ3) is 4.20. The van der Waals surface area contributed by atoms with Crippen molar-refractivity contribution in [1.29, 1.82) is 0 Å². The molecular weight excluding hydrogens is 407 g/mol. The fourth-order valence-electron chi connectivity index (χ4n) is 2.10. The molecule has 1 aromatic rings. The van der Waals surface area contributed by atoms with E-state index >= 15 is 0 Å². The molecule has 2 N–H and O–H groups in total. The lowest BCUT2D eigenvalue weighted by atomic mass is 10.0. The lowest BCUT2D eigenvalue weighted by Gasteiger charge is -2.10. The quantitative estimate of drug-likeness (QED) is 0.730. The SMILES string of the molecule is O=C(CCC1CCNC1)Nc1ccc(I)cc1Br. The van der Waals surface area contributed by atoms with Gasteiger partial charge < -0.3 is 10.6 Å². The van der Waals surface area contributed by atoms with Crippen LogP contribution in [0.5, 0.6) is 0 Å². The van der Waals surface area contributed by atoms with Crippen molar-refractivity contribution in [1.82, 2.24) is 5.32 Å². The number of halogens is 2. The van der Waals surface area contributed by atoms with Crippen molar-refractivity contribution in [3.05, 3.63) is 26.2 Å². The molecule has 1 saturated heterocycles. The molecule has 1 amide bonds. The van der Waals surface area contributed by atoms with Gasteiger partial charge in [-0.25, -0.2) is 0 Å². The Morgan fingerprint density at radius 1 is 1.56 bits per heavy atom. The molecule has 3 nitrogen and oxygen atoms in total. The Bertz CT molecular complexity index is 433. The van der Waals surface area contributed by atoms with Crippen LogP contribution in [0.3, 0.4) is 0 Å². The van der Waals surface area contributed by atoms with Gasteiger partial charge in [0.1, 0.15) is 0 Å². The minimum absolute atomic E-state index is 0.101. The van der Waals surface area contributed by atoms with Crippen molar-refractivity contribution in [2.75, 3.05) is 18.4 Å². The highest BCUT2D eigenvalue weighted by Gasteiger charge is 2.16. The largest absolute Gasteiger partial charge is 0.325 e. The summed E-state index contributed by atoms with van der Waals surface area (Å²) >= 11 is 5.71. The average molecular weight is 423 g/mol. The zero-order valence-corrected chi connectivity index (χ0v) is 13.8. The molecule has 0 spiro atoms. The number of hydrogen-bond donors (Lipinski definition) is 2. The summed E-state index contributed by atoms with van der Waals surface area (Å²) in [5, 5.41) is 6.27. The van der Waals surface area contributed by atoms with Crippen LogP contribution < -0.4 is 10.6 Å². The normalized spacial score (nSPS) is 18.9. The predicted molar refractivity (Wildman–Crippen MR) is 85.7 cm³/mol. The van der Waals surface area contributed by atoms with Crippen LogP contribution in [0, 0.1) is 9.49 Å². The first-order chi connectivity index (χ1) is 8.65. The molecule has 1 atom stereocenters. The molecule has 0 aliphatic carbocycles. The molecule has 5 heteroatoms. The molecule has 1 unspecified atom stereocenters. The average Bonchev–Trinajstić information content (AvgIpc) is 2.83. The van der Waals surface area contributed by atoms with Crippen LogP contribution in [0.4, 0.5) is 5.69 Å². The van der Waals surface area contributed by atoms with Crippen LogP contribution in [0.15, 0.2) is 22.7 Å². The number of carbonyl (C=O) groups is 1. The van der Waals surface area contributed by atoms with Gasteiger partial charge in [0.05, 0.1) is 5.69 Å². The number of hydrogen-bond acceptors (Lipinski definition) is 2. The summed E-state index contributed by atoms with van der Waals surface area (Å²) in [7, 11) is 0. The maximum absolute atomic E-state index is 11.9. The first kappa shape index (κ1) is 14.3. The Hall–Kier alpha value is -0.140. The zero-order valence-electron chi connectivity index (χ0n) is 10.0. The van der Waals surface area contributed by atoms with E-state index in [1.165, 1.54) is 6.42 Å². The Morgan fingerprint density at radius 3 is 3.06 bits per heavy atom. The number of benzene rings is 1. The van der Waals surface area contributed by atoms with Crippen molar-refractivity contribution in [2.45, 2.75) is 19.3 Å². The molecular formula is C13H16BrIN2O. The maximum Gasteiger partial charge on any atom is 0.224 e. The van der Waals surface area contributed by atoms with Gasteiger partial charge in [0.25, 0.3) is 0 Å². The van der Waals surface area contributed by atoms with Crippen LogP contribution in [0.1, 0.15) is 19.3 Å². The number of amides is 1. The fraction of sp³-hybridized carbons (Fsp3) is 0.462. The molecule has 0 aromatic heterocycles. The van der Waals surface area contributed by atoms with Crippen molar-refractivity contribution in [3.63, 3.8) is 0 Å². The molecule has 0 bridgehead atoms. The van der Waals surface area contributed by atoms with Crippen LogP contribution >= 0.6 is 38.5 Å². The monoisotopic (exact) mass is 422 g/mol. The Labute approximate surface area is 129 Å². The Kier molecular flexibility index (Phi) is 5.44. The van der Waals surface area contributed by atoms with Gasteiger partial charge in [0, 0.05) is 14.5 Å². The van der Waals surface area contributed by atoms with Crippen LogP contribution in [0.25, 0.3) is 0 Å². The lowest BCUT2D eigenvalue weighted by Crippen LogP contribution is -2.15. The number of carbonyl (C=O) groups excluding carboxylic acids is 1. The van der Waals surface area contributed by atoms with Gasteiger partial charge >= 0.3 is 0 Å². The summed E-state index contributed by atoms with van der Waals surface area (Å²) in [6.07, 6.45) is 2.77. The van der Waals surface area contributed by atoms with Gasteiger partial charge in [-0.15, -0.1) is 0 Å². The summed E-state index contributed by atoms with van der Waals surface area (Å²) in [5.74, 6) is 0.764. The number of nitrogens with one attached hydrogen (secondary N) is 2. The second-order valence-electron chi connectivity index (χ2n) is 4.57. The fourth-order valence-corrected chi connectivity index (χ4v) is 3.50. The predicted octanol–water partition coefficient (Wildman–Crippen LogP) is 3.38. The van der Waals surface area contributed by atoms with Crippen LogP contribution in [-0.4, -0.2) is 19.0 Å². The standard InChI is InChI=1S/C13H16BrIN2O/c14-11-7-10(15)2-3-12(11)17-13(18)4-1-9-5-6-16-8-9/h2-3,7,9,16H,1,4-6,8H2,(H,17,18). The van der Waals surface area contributed by atoms with E-state index in [2.05, 4.69) is 49.2 Å². The highest BCUT2D eigenvalue weighted by molar-refractivity contribution is 14.1. The molecule has 2 rings (SSSR count). The summed E-state index contributed by atoms with van der Waals surface area (Å²) in [6.45, 7) is 2.15. The lowest BCUT2D eigenvalue weighted by molar-refractivity contribution is -0.116. The molecule has 1 aliphatic heterocycles. The highest BCUT2D eigenvalue weighted by atomic mass is 127. The minimum Gasteiger partial charge on any atom is -0.325 e. The minimum atomic E-state index is 0.101. The highest BCUT2D eigenvalue weighted by Crippen LogP contribution is 2.25. The molecule has 1 fully saturated rings. The molecule has 0 radical (unpaired) electrons. The van der Waals surface area contributed by atoms with Crippen molar-refractivity contribution in [3.8, 4) is 0 Å². The first-order valence-electron chi connectivity index (χ1n) is 6.11. The summed E-state index contributed by atoms with van der Waals surface area (Å²) < 4.78 is 2.08. The third-order valence-corrected chi connectivity index (χ3v) is 4.47. The topological polar surface area (TPSA) is 41.1 Å². The molecule has 1 aromatic carbocycles. The Morgan fingerprint density at radius 2 is 2.39 bits per heavy atom. The number of rotatable bonds is 4. The van der Waals surface area contributed by atoms with Gasteiger partial charge in [-0.05, 0) is 88.6 Å². The molecule has 1 heterocycles. The summed E-state index contributed by atoms with van der Waals surface area (Å²) in [4.78, 5) is 11.9. The van der Waals surface area contributed by atoms with E-state index in [0.29, 0.717) is 12.3 Å². The molecule has 1 aliphatic rings. The summed E-state index contributed by atoms with van der Waals surface area (Å²) in [5.41, 5.74) is 0.852. The third-order valence-electron chi connectivity index (χ3n) is 3.15. The zero-order chi connectivity index (χ0) is 13.0. The second kappa shape index (κ2) is 6.86. The van der Waals surface area contributed by atoms with E-state index < -0.39 is 0 Å². The smallest absolute Gasteiger partial charge is 0.224 e. The molecule has 0 saturated carbocycles. The van der Waals surface area contributed by atoms with Gasteiger partial charge in [-0.3, -0.25) is 4.79 Å². The van der Waals surface area contributed by atoms with Crippen molar-refractivity contribution >= 4 is 50.1 Å². The van der Waals surface area contributed by atoms with E-state index in [-0.39, 0.29) is 5.91 Å². The van der Waals surface area contributed by atoms with Crippen molar-refractivity contribution < 1.29 is 4.79 Å². The van der Waals surface area contributed by atoms with Gasteiger partial charge in [0.2, 0.25) is 5.91 Å². The molecule has 98 valence electrons. The van der Waals surface area contributed by atoms with Crippen LogP contribution in [0.2, 0.25) is 0 Å². The van der Waals surface area contributed by atoms with E-state index in [4.69, 9.17) is 0 Å². The summed E-state index contributed by atoms with van der Waals surface area (Å²) in [6, 6.07) is 5.92. The maximum atomic E-state index is 11.9. The van der Waals surface area contributed by atoms with E-state index in [0.717, 1.165) is 33.2 Å². The van der Waals surface area contributed by atoms with Crippen LogP contribution in [-0.2, 0) is 4.79 Å². The Balaban J connectivity index is 1.82. The van der Waals surface area contributed by atoms with E-state index in [9.17, 15) is 4.79 Å². The van der Waals surface area contributed by atoms with Gasteiger partial charge in [-0.2, -0.15) is 0 Å². The first-order valence-corrected chi connectivity index (χ1v) is 7.98. The van der Waals surface area contributed by atoms with E-state index in [1.807, 2.05) is 18.2 Å².